The minimum absolute atomic E-state index is 0.170. The zero-order valence-corrected chi connectivity index (χ0v) is 14.3. The van der Waals surface area contributed by atoms with Crippen molar-refractivity contribution in [2.24, 2.45) is 4.99 Å². The Morgan fingerprint density at radius 2 is 1.88 bits per heavy atom. The van der Waals surface area contributed by atoms with Gasteiger partial charge in [0.1, 0.15) is 0 Å². The van der Waals surface area contributed by atoms with Crippen LogP contribution in [0.1, 0.15) is 44.9 Å². The van der Waals surface area contributed by atoms with Gasteiger partial charge < -0.3 is 15.5 Å². The van der Waals surface area contributed by atoms with Crippen molar-refractivity contribution >= 4 is 17.6 Å². The van der Waals surface area contributed by atoms with Crippen LogP contribution in [0.25, 0.3) is 0 Å². The molecule has 3 rings (SSSR count). The molecule has 1 amide bonds. The van der Waals surface area contributed by atoms with E-state index in [4.69, 9.17) is 4.99 Å². The topological polar surface area (TPSA) is 56.7 Å². The Hall–Kier alpha value is -2.04. The molecule has 2 N–H and O–H groups in total. The minimum Gasteiger partial charge on any atom is -0.353 e. The molecule has 130 valence electrons. The lowest BCUT2D eigenvalue weighted by Crippen LogP contribution is -2.40. The van der Waals surface area contributed by atoms with Crippen molar-refractivity contribution in [3.63, 3.8) is 0 Å². The summed E-state index contributed by atoms with van der Waals surface area (Å²) in [4.78, 5) is 18.8. The van der Waals surface area contributed by atoms with Crippen molar-refractivity contribution in [3.8, 4) is 0 Å². The van der Waals surface area contributed by atoms with Crippen LogP contribution in [-0.4, -0.2) is 42.4 Å². The Balaban J connectivity index is 1.52. The highest BCUT2D eigenvalue weighted by atomic mass is 16.1. The monoisotopic (exact) mass is 328 g/mol. The fourth-order valence-corrected chi connectivity index (χ4v) is 2.93. The smallest absolute Gasteiger partial charge is 0.220 e. The molecular formula is C19H28N4O. The maximum atomic E-state index is 11.7. The zero-order chi connectivity index (χ0) is 16.6. The predicted molar refractivity (Wildman–Crippen MR) is 98.2 cm³/mol. The Kier molecular flexibility index (Phi) is 6.10. The number of hydrogen-bond donors (Lipinski definition) is 2. The zero-order valence-electron chi connectivity index (χ0n) is 14.3. The summed E-state index contributed by atoms with van der Waals surface area (Å²) in [6.45, 7) is 2.80. The summed E-state index contributed by atoms with van der Waals surface area (Å²) in [6.07, 6.45) is 7.40. The van der Waals surface area contributed by atoms with E-state index in [1.165, 1.54) is 19.3 Å². The third-order valence-electron chi connectivity index (χ3n) is 4.45. The van der Waals surface area contributed by atoms with Crippen molar-refractivity contribution in [1.29, 1.82) is 0 Å². The van der Waals surface area contributed by atoms with E-state index in [-0.39, 0.29) is 5.91 Å². The van der Waals surface area contributed by atoms with Crippen molar-refractivity contribution in [3.05, 3.63) is 30.3 Å². The Morgan fingerprint density at radius 3 is 2.58 bits per heavy atom. The van der Waals surface area contributed by atoms with Crippen LogP contribution in [-0.2, 0) is 4.79 Å². The van der Waals surface area contributed by atoms with Crippen molar-refractivity contribution in [2.75, 3.05) is 25.0 Å². The number of benzene rings is 1. The highest BCUT2D eigenvalue weighted by molar-refractivity contribution is 5.93. The summed E-state index contributed by atoms with van der Waals surface area (Å²) < 4.78 is 0. The molecule has 0 bridgehead atoms. The number of anilines is 1. The first-order chi connectivity index (χ1) is 11.8. The van der Waals surface area contributed by atoms with Gasteiger partial charge in [0.2, 0.25) is 5.91 Å². The van der Waals surface area contributed by atoms with E-state index in [0.717, 1.165) is 44.0 Å². The van der Waals surface area contributed by atoms with Crippen molar-refractivity contribution in [1.82, 2.24) is 10.2 Å². The molecule has 1 aromatic carbocycles. The van der Waals surface area contributed by atoms with Crippen LogP contribution in [0.5, 0.6) is 0 Å². The van der Waals surface area contributed by atoms with E-state index in [0.29, 0.717) is 19.0 Å². The minimum atomic E-state index is 0.170. The summed E-state index contributed by atoms with van der Waals surface area (Å²) >= 11 is 0. The second-order valence-electron chi connectivity index (χ2n) is 6.69. The lowest BCUT2D eigenvalue weighted by Gasteiger charge is -2.30. The van der Waals surface area contributed by atoms with Gasteiger partial charge in [-0.25, -0.2) is 0 Å². The molecule has 1 aliphatic carbocycles. The highest BCUT2D eigenvalue weighted by Gasteiger charge is 2.22. The lowest BCUT2D eigenvalue weighted by molar-refractivity contribution is -0.121. The maximum Gasteiger partial charge on any atom is 0.220 e. The Bertz CT molecular complexity index is 548. The lowest BCUT2D eigenvalue weighted by atomic mass is 10.1. The maximum absolute atomic E-state index is 11.7. The number of hydrogen-bond acceptors (Lipinski definition) is 2. The van der Waals surface area contributed by atoms with Gasteiger partial charge in [-0.05, 0) is 50.7 Å². The second kappa shape index (κ2) is 8.71. The molecule has 5 heteroatoms. The van der Waals surface area contributed by atoms with Gasteiger partial charge >= 0.3 is 0 Å². The van der Waals surface area contributed by atoms with Gasteiger partial charge in [-0.2, -0.15) is 0 Å². The first-order valence-electron chi connectivity index (χ1n) is 9.22. The fourth-order valence-electron chi connectivity index (χ4n) is 2.93. The summed E-state index contributed by atoms with van der Waals surface area (Å²) in [5, 5.41) is 6.49. The quantitative estimate of drug-likeness (QED) is 0.479. The van der Waals surface area contributed by atoms with Gasteiger partial charge in [0, 0.05) is 37.8 Å². The fraction of sp³-hybridized carbons (Fsp3) is 0.579. The Morgan fingerprint density at radius 1 is 1.12 bits per heavy atom. The van der Waals surface area contributed by atoms with Crippen molar-refractivity contribution < 1.29 is 4.79 Å². The number of para-hydroxylation sites is 1. The second-order valence-corrected chi connectivity index (χ2v) is 6.69. The molecule has 2 fully saturated rings. The van der Waals surface area contributed by atoms with E-state index >= 15 is 0 Å². The average molecular weight is 328 g/mol. The molecule has 1 saturated carbocycles. The highest BCUT2D eigenvalue weighted by Crippen LogP contribution is 2.18. The molecule has 1 aliphatic heterocycles. The van der Waals surface area contributed by atoms with Gasteiger partial charge in [0.25, 0.3) is 0 Å². The standard InChI is InChI=1S/C19H28N4O/c24-18(21-17-11-12-17)10-7-13-20-19(23-14-5-2-6-15-23)22-16-8-3-1-4-9-16/h1,3-4,8-9,17H,2,5-7,10-15H2,(H,20,22)(H,21,24). The number of amides is 1. The number of aliphatic imine (C=N–C) groups is 1. The van der Waals surface area contributed by atoms with E-state index < -0.39 is 0 Å². The van der Waals surface area contributed by atoms with Crippen LogP contribution in [0.3, 0.4) is 0 Å². The molecular weight excluding hydrogens is 300 g/mol. The van der Waals surface area contributed by atoms with E-state index in [2.05, 4.69) is 27.7 Å². The predicted octanol–water partition coefficient (Wildman–Crippen LogP) is 3.00. The molecule has 5 nitrogen and oxygen atoms in total. The van der Waals surface area contributed by atoms with Crippen LogP contribution in [0, 0.1) is 0 Å². The molecule has 0 aromatic heterocycles. The van der Waals surface area contributed by atoms with Crippen molar-refractivity contribution in [2.45, 2.75) is 51.0 Å². The third kappa shape index (κ3) is 5.55. The molecule has 0 unspecified atom stereocenters. The Labute approximate surface area is 144 Å². The number of likely N-dealkylation sites (tertiary alicyclic amines) is 1. The van der Waals surface area contributed by atoms with Crippen LogP contribution >= 0.6 is 0 Å². The summed E-state index contributed by atoms with van der Waals surface area (Å²) in [5.41, 5.74) is 1.06. The van der Waals surface area contributed by atoms with Crippen LogP contribution in [0.15, 0.2) is 35.3 Å². The van der Waals surface area contributed by atoms with Gasteiger partial charge in [-0.1, -0.05) is 18.2 Å². The average Bonchev–Trinajstić information content (AvgIpc) is 3.43. The number of piperidine rings is 1. The molecule has 1 saturated heterocycles. The van der Waals surface area contributed by atoms with E-state index in [9.17, 15) is 4.79 Å². The van der Waals surface area contributed by atoms with Gasteiger partial charge in [-0.15, -0.1) is 0 Å². The molecule has 0 radical (unpaired) electrons. The number of nitrogens with one attached hydrogen (secondary N) is 2. The SMILES string of the molecule is O=C(CCCN=C(Nc1ccccc1)N1CCCCC1)NC1CC1. The number of carbonyl (C=O) groups excluding carboxylic acids is 1. The molecule has 0 spiro atoms. The number of nitrogens with zero attached hydrogens (tertiary/aromatic N) is 2. The largest absolute Gasteiger partial charge is 0.353 e. The number of guanidine groups is 1. The van der Waals surface area contributed by atoms with Crippen LogP contribution < -0.4 is 10.6 Å². The van der Waals surface area contributed by atoms with Gasteiger partial charge in [-0.3, -0.25) is 9.79 Å². The normalized spacial score (nSPS) is 18.3. The van der Waals surface area contributed by atoms with Crippen LogP contribution in [0.2, 0.25) is 0 Å². The van der Waals surface area contributed by atoms with Crippen LogP contribution in [0.4, 0.5) is 5.69 Å². The third-order valence-corrected chi connectivity index (χ3v) is 4.45. The number of carbonyl (C=O) groups is 1. The molecule has 1 aromatic rings. The first-order valence-corrected chi connectivity index (χ1v) is 9.22. The first kappa shape index (κ1) is 16.8. The van der Waals surface area contributed by atoms with Gasteiger partial charge in [0.15, 0.2) is 5.96 Å². The number of rotatable bonds is 6. The summed E-state index contributed by atoms with van der Waals surface area (Å²) in [5.74, 6) is 1.12. The molecule has 24 heavy (non-hydrogen) atoms. The molecule has 1 heterocycles. The van der Waals surface area contributed by atoms with Gasteiger partial charge in [0.05, 0.1) is 0 Å². The molecule has 2 aliphatic rings. The van der Waals surface area contributed by atoms with E-state index in [1.54, 1.807) is 0 Å². The van der Waals surface area contributed by atoms with E-state index in [1.807, 2.05) is 18.2 Å². The summed E-state index contributed by atoms with van der Waals surface area (Å²) in [6, 6.07) is 10.6. The summed E-state index contributed by atoms with van der Waals surface area (Å²) in [7, 11) is 0. The molecule has 0 atom stereocenters.